The summed E-state index contributed by atoms with van der Waals surface area (Å²) in [4.78, 5) is 21.4. The molecule has 0 spiro atoms. The normalized spacial score (nSPS) is 12.4. The van der Waals surface area contributed by atoms with Gasteiger partial charge in [-0.05, 0) is 225 Å². The van der Waals surface area contributed by atoms with Crippen LogP contribution in [0.5, 0.6) is 0 Å². The lowest BCUT2D eigenvalue weighted by Crippen LogP contribution is -2.16. The van der Waals surface area contributed by atoms with E-state index in [1.165, 1.54) is 169 Å². The van der Waals surface area contributed by atoms with Gasteiger partial charge in [0, 0.05) is 107 Å². The van der Waals surface area contributed by atoms with E-state index in [9.17, 15) is 0 Å². The van der Waals surface area contributed by atoms with Crippen molar-refractivity contribution in [2.45, 2.75) is 19.3 Å². The van der Waals surface area contributed by atoms with E-state index in [2.05, 4.69) is 380 Å². The quantitative estimate of drug-likeness (QED) is 0.106. The van der Waals surface area contributed by atoms with Crippen LogP contribution in [0.2, 0.25) is 0 Å². The Hall–Kier alpha value is -14.6. The van der Waals surface area contributed by atoms with Gasteiger partial charge in [0.05, 0.1) is 33.6 Å². The Morgan fingerprint density at radius 2 is 0.500 bits per heavy atom. The fraction of sp³-hybridized carbons (Fsp3) is 0.0283. The maximum atomic E-state index is 4.79. The lowest BCUT2D eigenvalue weighted by Gasteiger charge is -2.29. The molecular formula is C106H70N6. The number of nitrogens with zero attached hydrogens (tertiary/aromatic N) is 6. The van der Waals surface area contributed by atoms with Crippen LogP contribution in [-0.2, 0) is 5.41 Å². The predicted octanol–water partition coefficient (Wildman–Crippen LogP) is 29.3. The van der Waals surface area contributed by atoms with E-state index in [-0.39, 0.29) is 5.41 Å². The number of fused-ring (bicyclic) bond motifs is 10. The number of rotatable bonds is 9. The zero-order valence-corrected chi connectivity index (χ0v) is 61.6. The van der Waals surface area contributed by atoms with E-state index in [1.54, 1.807) is 0 Å². The highest BCUT2D eigenvalue weighted by atomic mass is 15.2. The van der Waals surface area contributed by atoms with Crippen molar-refractivity contribution in [3.05, 3.63) is 400 Å². The monoisotopic (exact) mass is 1430 g/mol. The molecule has 0 unspecified atom stereocenters. The molecule has 0 bridgehead atoms. The topological polar surface area (TPSA) is 48.4 Å². The van der Waals surface area contributed by atoms with Crippen molar-refractivity contribution < 1.29 is 0 Å². The van der Waals surface area contributed by atoms with Crippen LogP contribution in [0.25, 0.3) is 152 Å². The Bertz CT molecular complexity index is 7570. The number of hydrogen-bond acceptors (Lipinski definition) is 6. The average molecular weight is 1430 g/mol. The first-order valence-electron chi connectivity index (χ1n) is 38.5. The van der Waals surface area contributed by atoms with Crippen LogP contribution in [0.4, 0.5) is 51.2 Å². The molecule has 112 heavy (non-hydrogen) atoms. The summed E-state index contributed by atoms with van der Waals surface area (Å²) in [6.45, 7) is 4.70. The molecule has 6 heteroatoms. The second-order valence-corrected chi connectivity index (χ2v) is 30.2. The van der Waals surface area contributed by atoms with Gasteiger partial charge < -0.3 is 14.7 Å². The molecule has 1 aliphatic carbocycles. The summed E-state index contributed by atoms with van der Waals surface area (Å²) in [5, 5.41) is 28.6. The molecule has 0 fully saturated rings. The van der Waals surface area contributed by atoms with E-state index in [4.69, 9.17) is 15.0 Å². The molecule has 0 radical (unpaired) electrons. The third kappa shape index (κ3) is 10.3. The minimum atomic E-state index is -0.0684. The smallest absolute Gasteiger partial charge is 0.0780 e. The van der Waals surface area contributed by atoms with Gasteiger partial charge in [-0.15, -0.1) is 0 Å². The Morgan fingerprint density at radius 3 is 0.929 bits per heavy atom. The maximum Gasteiger partial charge on any atom is 0.0780 e. The van der Waals surface area contributed by atoms with Crippen LogP contribution in [-0.4, -0.2) is 15.0 Å². The van der Waals surface area contributed by atoms with Crippen LogP contribution >= 0.6 is 0 Å². The van der Waals surface area contributed by atoms with Crippen molar-refractivity contribution >= 4 is 192 Å². The molecule has 23 aromatic rings. The second-order valence-electron chi connectivity index (χ2n) is 30.2. The standard InChI is InChI=1S/C40H28N2.C35H22N2.C31H20N2/c1-40(2)34-13-7-6-12-30(34)31-18-17-29(24-35(31)40)42(28-10-4-3-5-11-28)36-21-16-25-14-15-26-23-27-9-8-22-41-39(27)33-20-19-32(36)37(25)38(26)33;1-2-10-28(11-3-1)37(29-16-14-23-7-4-5-8-25(23)22-29)32-19-15-24-12-13-26-21-27-9-6-20-36-35(27)31-18-17-30(32)33(24)34(26)31;1-3-9-24(10-4-1)33(25-11-5-2-6-12-25)28-18-15-21-13-14-22-20-23-8-7-19-32-31(23)27-17-16-26(28)29(21)30(22)27/h3-24H,1-2H3;1-22H;1-20H. The summed E-state index contributed by atoms with van der Waals surface area (Å²) in [5.74, 6) is 0. The third-order valence-corrected chi connectivity index (χ3v) is 23.6. The van der Waals surface area contributed by atoms with Crippen LogP contribution in [0.1, 0.15) is 25.0 Å². The van der Waals surface area contributed by atoms with Gasteiger partial charge in [0.25, 0.3) is 0 Å². The fourth-order valence-corrected chi connectivity index (χ4v) is 18.5. The second kappa shape index (κ2) is 25.8. The van der Waals surface area contributed by atoms with E-state index in [1.807, 2.05) is 36.8 Å². The summed E-state index contributed by atoms with van der Waals surface area (Å²) in [6, 6.07) is 134. The van der Waals surface area contributed by atoms with Gasteiger partial charge in [-0.2, -0.15) is 0 Å². The van der Waals surface area contributed by atoms with E-state index in [0.717, 1.165) is 45.0 Å². The minimum absolute atomic E-state index is 0.0684. The SMILES string of the molecule is CC1(C)c2ccccc2-c2ccc(N(c3ccccc3)c3ccc4ccc5cc6cccnc6c6ccc3c4c56)cc21.c1ccc(N(c2ccc3ccccc3c2)c2ccc3ccc4cc5cccnc5c5ccc2c3c45)cc1.c1ccc(N(c2ccccc2)c2ccc3ccc4cc5cccnc5c5ccc2c3c45)cc1. The molecule has 24 rings (SSSR count). The zero-order valence-electron chi connectivity index (χ0n) is 61.6. The molecule has 0 amide bonds. The number of benzene rings is 20. The van der Waals surface area contributed by atoms with Crippen LogP contribution in [0.15, 0.2) is 389 Å². The van der Waals surface area contributed by atoms with Crippen molar-refractivity contribution in [2.24, 2.45) is 0 Å². The molecule has 0 saturated carbocycles. The number of anilines is 9. The van der Waals surface area contributed by atoms with Gasteiger partial charge >= 0.3 is 0 Å². The first-order valence-corrected chi connectivity index (χ1v) is 38.5. The molecule has 3 aromatic heterocycles. The molecule has 20 aromatic carbocycles. The fourth-order valence-electron chi connectivity index (χ4n) is 18.5. The van der Waals surface area contributed by atoms with Crippen molar-refractivity contribution in [3.8, 4) is 11.1 Å². The summed E-state index contributed by atoms with van der Waals surface area (Å²) in [7, 11) is 0. The molecule has 0 N–H and O–H groups in total. The third-order valence-electron chi connectivity index (χ3n) is 23.6. The van der Waals surface area contributed by atoms with Crippen LogP contribution in [0.3, 0.4) is 0 Å². The first kappa shape index (κ1) is 64.6. The molecule has 524 valence electrons. The van der Waals surface area contributed by atoms with E-state index < -0.39 is 0 Å². The highest BCUT2D eigenvalue weighted by Crippen LogP contribution is 2.54. The Morgan fingerprint density at radius 1 is 0.196 bits per heavy atom. The van der Waals surface area contributed by atoms with Crippen molar-refractivity contribution in [1.29, 1.82) is 0 Å². The molecular weight excluding hydrogens is 1360 g/mol. The lowest BCUT2D eigenvalue weighted by atomic mass is 9.82. The average Bonchev–Trinajstić information content (AvgIpc) is 0.937. The number of para-hydroxylation sites is 4. The molecule has 3 heterocycles. The first-order chi connectivity index (χ1) is 55.3. The highest BCUT2D eigenvalue weighted by molar-refractivity contribution is 6.33. The van der Waals surface area contributed by atoms with Gasteiger partial charge in [-0.25, -0.2) is 0 Å². The van der Waals surface area contributed by atoms with E-state index >= 15 is 0 Å². The largest absolute Gasteiger partial charge is 0.310 e. The molecule has 1 aliphatic rings. The number of hydrogen-bond donors (Lipinski definition) is 0. The van der Waals surface area contributed by atoms with Crippen molar-refractivity contribution in [2.75, 3.05) is 14.7 Å². The van der Waals surface area contributed by atoms with Gasteiger partial charge in [-0.1, -0.05) is 257 Å². The summed E-state index contributed by atoms with van der Waals surface area (Å²) >= 11 is 0. The number of aromatic nitrogens is 3. The Balaban J connectivity index is 0.000000104. The molecule has 6 nitrogen and oxygen atoms in total. The van der Waals surface area contributed by atoms with Crippen molar-refractivity contribution in [3.63, 3.8) is 0 Å². The summed E-state index contributed by atoms with van der Waals surface area (Å²) in [5.41, 5.74) is 19.0. The molecule has 0 atom stereocenters. The Labute approximate surface area is 647 Å². The van der Waals surface area contributed by atoms with Crippen molar-refractivity contribution in [1.82, 2.24) is 15.0 Å². The molecule has 0 saturated heterocycles. The Kier molecular flexibility index (Phi) is 14.9. The predicted molar refractivity (Wildman–Crippen MR) is 475 cm³/mol. The van der Waals surface area contributed by atoms with Crippen LogP contribution in [0, 0.1) is 0 Å². The zero-order chi connectivity index (χ0) is 74.1. The summed E-state index contributed by atoms with van der Waals surface area (Å²) in [6.07, 6.45) is 5.67. The van der Waals surface area contributed by atoms with Gasteiger partial charge in [0.1, 0.15) is 0 Å². The molecule has 0 aliphatic heterocycles. The van der Waals surface area contributed by atoms with Gasteiger partial charge in [0.2, 0.25) is 0 Å². The van der Waals surface area contributed by atoms with Crippen LogP contribution < -0.4 is 14.7 Å². The van der Waals surface area contributed by atoms with Gasteiger partial charge in [-0.3, -0.25) is 15.0 Å². The summed E-state index contributed by atoms with van der Waals surface area (Å²) < 4.78 is 0. The van der Waals surface area contributed by atoms with E-state index in [0.29, 0.717) is 0 Å². The highest BCUT2D eigenvalue weighted by Gasteiger charge is 2.36. The van der Waals surface area contributed by atoms with Gasteiger partial charge in [0.15, 0.2) is 0 Å². The minimum Gasteiger partial charge on any atom is -0.310 e. The lowest BCUT2D eigenvalue weighted by molar-refractivity contribution is 0.660. The maximum absolute atomic E-state index is 4.79. The number of pyridine rings is 3.